The van der Waals surface area contributed by atoms with Crippen molar-refractivity contribution in [1.82, 2.24) is 4.90 Å². The van der Waals surface area contributed by atoms with Crippen LogP contribution in [0.4, 0.5) is 0 Å². The molecule has 0 radical (unpaired) electrons. The van der Waals surface area contributed by atoms with Crippen LogP contribution < -0.4 is 0 Å². The maximum absolute atomic E-state index is 11.8. The maximum atomic E-state index is 11.8. The molecule has 114 valence electrons. The summed E-state index contributed by atoms with van der Waals surface area (Å²) in [5, 5.41) is 9.65. The van der Waals surface area contributed by atoms with Gasteiger partial charge in [-0.25, -0.2) is 0 Å². The topological polar surface area (TPSA) is 66.8 Å². The largest absolute Gasteiger partial charge is 0.460 e. The fourth-order valence-electron chi connectivity index (χ4n) is 2.43. The summed E-state index contributed by atoms with van der Waals surface area (Å²) in [5.74, 6) is -0.711. The molecule has 1 N–H and O–H groups in total. The van der Waals surface area contributed by atoms with E-state index in [1.165, 1.54) is 0 Å². The lowest BCUT2D eigenvalue weighted by molar-refractivity contribution is -0.146. The maximum Gasteiger partial charge on any atom is 0.320 e. The Bertz CT molecular complexity index is 494. The third-order valence-electron chi connectivity index (χ3n) is 3.46. The standard InChI is InChI=1S/C15H18ClNO4/c16-7-14(19)13-6-12(18)8-17(13)9-15(20)21-10-11-4-2-1-3-5-11/h1-5,12-13,18H,6-10H2/t12-,13+/m0/s1. The SMILES string of the molecule is O=C(CN1C[C@@H](O)C[C@@H]1C(=O)CCl)OCc1ccccc1. The molecule has 1 heterocycles. The van der Waals surface area contributed by atoms with Crippen molar-refractivity contribution in [3.63, 3.8) is 0 Å². The Hall–Kier alpha value is -1.43. The fraction of sp³-hybridized carbons (Fsp3) is 0.467. The number of hydrogen-bond donors (Lipinski definition) is 1. The number of hydrogen-bond acceptors (Lipinski definition) is 5. The highest BCUT2D eigenvalue weighted by atomic mass is 35.5. The lowest BCUT2D eigenvalue weighted by atomic mass is 10.1. The van der Waals surface area contributed by atoms with Crippen LogP contribution in [0, 0.1) is 0 Å². The number of carbonyl (C=O) groups is 2. The van der Waals surface area contributed by atoms with Gasteiger partial charge in [0, 0.05) is 6.54 Å². The van der Waals surface area contributed by atoms with Gasteiger partial charge in [-0.3, -0.25) is 14.5 Å². The van der Waals surface area contributed by atoms with Gasteiger partial charge in [0.15, 0.2) is 5.78 Å². The average molecular weight is 312 g/mol. The predicted octanol–water partition coefficient (Wildman–Crippen LogP) is 0.973. The van der Waals surface area contributed by atoms with Gasteiger partial charge < -0.3 is 9.84 Å². The van der Waals surface area contributed by atoms with Crippen LogP contribution in [0.2, 0.25) is 0 Å². The Kier molecular flexibility index (Phi) is 5.73. The molecule has 6 heteroatoms. The van der Waals surface area contributed by atoms with Crippen LogP contribution in [0.25, 0.3) is 0 Å². The van der Waals surface area contributed by atoms with Crippen LogP contribution in [0.15, 0.2) is 30.3 Å². The second kappa shape index (κ2) is 7.54. The molecule has 0 unspecified atom stereocenters. The minimum Gasteiger partial charge on any atom is -0.460 e. The number of ketones is 1. The Morgan fingerprint density at radius 1 is 1.33 bits per heavy atom. The zero-order valence-corrected chi connectivity index (χ0v) is 12.3. The van der Waals surface area contributed by atoms with Gasteiger partial charge in [-0.05, 0) is 12.0 Å². The van der Waals surface area contributed by atoms with Crippen LogP contribution in [0.1, 0.15) is 12.0 Å². The number of aliphatic hydroxyl groups excluding tert-OH is 1. The van der Waals surface area contributed by atoms with Crippen molar-refractivity contribution in [3.8, 4) is 0 Å². The zero-order chi connectivity index (χ0) is 15.2. The van der Waals surface area contributed by atoms with Crippen molar-refractivity contribution >= 4 is 23.4 Å². The Labute approximate surface area is 128 Å². The summed E-state index contributed by atoms with van der Waals surface area (Å²) in [6, 6.07) is 8.87. The first kappa shape index (κ1) is 15.9. The number of rotatable bonds is 6. The van der Waals surface area contributed by atoms with Crippen LogP contribution in [-0.4, -0.2) is 52.9 Å². The predicted molar refractivity (Wildman–Crippen MR) is 77.9 cm³/mol. The Balaban J connectivity index is 1.85. The van der Waals surface area contributed by atoms with Gasteiger partial charge in [0.25, 0.3) is 0 Å². The lowest BCUT2D eigenvalue weighted by Crippen LogP contribution is -2.40. The third-order valence-corrected chi connectivity index (χ3v) is 3.72. The van der Waals surface area contributed by atoms with E-state index >= 15 is 0 Å². The minimum atomic E-state index is -0.607. The summed E-state index contributed by atoms with van der Waals surface area (Å²) in [6.07, 6.45) is -0.290. The number of alkyl halides is 1. The van der Waals surface area contributed by atoms with Crippen LogP contribution in [0.5, 0.6) is 0 Å². The molecular formula is C15H18ClNO4. The number of ether oxygens (including phenoxy) is 1. The summed E-state index contributed by atoms with van der Waals surface area (Å²) in [6.45, 7) is 0.467. The highest BCUT2D eigenvalue weighted by molar-refractivity contribution is 6.28. The molecular weight excluding hydrogens is 294 g/mol. The van der Waals surface area contributed by atoms with Crippen molar-refractivity contribution in [2.45, 2.75) is 25.2 Å². The quantitative estimate of drug-likeness (QED) is 0.626. The molecule has 0 bridgehead atoms. The molecule has 0 amide bonds. The fourth-order valence-corrected chi connectivity index (χ4v) is 2.61. The van der Waals surface area contributed by atoms with Gasteiger partial charge in [-0.15, -0.1) is 11.6 Å². The first-order chi connectivity index (χ1) is 10.1. The molecule has 2 rings (SSSR count). The van der Waals surface area contributed by atoms with Gasteiger partial charge >= 0.3 is 5.97 Å². The van der Waals surface area contributed by atoms with Gasteiger partial charge in [0.2, 0.25) is 0 Å². The first-order valence-corrected chi connectivity index (χ1v) is 7.34. The van der Waals surface area contributed by atoms with E-state index in [9.17, 15) is 14.7 Å². The second-order valence-corrected chi connectivity index (χ2v) is 5.35. The van der Waals surface area contributed by atoms with E-state index in [2.05, 4.69) is 0 Å². The number of esters is 1. The van der Waals surface area contributed by atoms with Gasteiger partial charge in [0.1, 0.15) is 6.61 Å². The molecule has 1 aromatic carbocycles. The number of likely N-dealkylation sites (tertiary alicyclic amines) is 1. The van der Waals surface area contributed by atoms with E-state index in [0.29, 0.717) is 6.42 Å². The number of carbonyl (C=O) groups excluding carboxylic acids is 2. The van der Waals surface area contributed by atoms with E-state index in [1.54, 1.807) is 4.90 Å². The summed E-state index contributed by atoms with van der Waals surface area (Å²) < 4.78 is 5.18. The van der Waals surface area contributed by atoms with Crippen LogP contribution >= 0.6 is 11.6 Å². The van der Waals surface area contributed by atoms with Crippen LogP contribution in [0.3, 0.4) is 0 Å². The number of Topliss-reactive ketones (excluding diaryl/α,β-unsaturated/α-hetero) is 1. The second-order valence-electron chi connectivity index (χ2n) is 5.08. The number of β-amino-alcohol motifs (C(OH)–C–C–N with tert-alkyl or cyclic N) is 1. The molecule has 0 aromatic heterocycles. The molecule has 5 nitrogen and oxygen atoms in total. The number of halogens is 1. The lowest BCUT2D eigenvalue weighted by Gasteiger charge is -2.21. The molecule has 1 aromatic rings. The monoisotopic (exact) mass is 311 g/mol. The number of aliphatic hydroxyl groups is 1. The third kappa shape index (κ3) is 4.52. The normalized spacial score (nSPS) is 22.2. The molecule has 1 fully saturated rings. The van der Waals surface area contributed by atoms with E-state index in [-0.39, 0.29) is 31.4 Å². The highest BCUT2D eigenvalue weighted by Gasteiger charge is 2.36. The number of benzene rings is 1. The summed E-state index contributed by atoms with van der Waals surface area (Å²) in [4.78, 5) is 25.2. The molecule has 1 aliphatic heterocycles. The van der Waals surface area contributed by atoms with Crippen molar-refractivity contribution in [3.05, 3.63) is 35.9 Å². The first-order valence-electron chi connectivity index (χ1n) is 6.80. The van der Waals surface area contributed by atoms with E-state index in [4.69, 9.17) is 16.3 Å². The van der Waals surface area contributed by atoms with Crippen LogP contribution in [-0.2, 0) is 20.9 Å². The van der Waals surface area contributed by atoms with Gasteiger partial charge in [-0.2, -0.15) is 0 Å². The zero-order valence-electron chi connectivity index (χ0n) is 11.6. The van der Waals surface area contributed by atoms with Crippen molar-refractivity contribution in [2.24, 2.45) is 0 Å². The Morgan fingerprint density at radius 3 is 2.71 bits per heavy atom. The molecule has 0 saturated carbocycles. The summed E-state index contributed by atoms with van der Waals surface area (Å²) in [7, 11) is 0. The van der Waals surface area contributed by atoms with E-state index < -0.39 is 18.1 Å². The molecule has 21 heavy (non-hydrogen) atoms. The summed E-state index contributed by atoms with van der Waals surface area (Å²) in [5.41, 5.74) is 0.903. The van der Waals surface area contributed by atoms with Gasteiger partial charge in [-0.1, -0.05) is 30.3 Å². The van der Waals surface area contributed by atoms with Crippen molar-refractivity contribution in [2.75, 3.05) is 19.0 Å². The number of nitrogens with zero attached hydrogens (tertiary/aromatic N) is 1. The molecule has 0 spiro atoms. The van der Waals surface area contributed by atoms with Gasteiger partial charge in [0.05, 0.1) is 24.6 Å². The minimum absolute atomic E-state index is 0.0167. The summed E-state index contributed by atoms with van der Waals surface area (Å²) >= 11 is 5.55. The molecule has 1 saturated heterocycles. The van der Waals surface area contributed by atoms with E-state index in [1.807, 2.05) is 30.3 Å². The Morgan fingerprint density at radius 2 is 2.05 bits per heavy atom. The molecule has 1 aliphatic rings. The van der Waals surface area contributed by atoms with Crippen molar-refractivity contribution in [1.29, 1.82) is 0 Å². The smallest absolute Gasteiger partial charge is 0.320 e. The van der Waals surface area contributed by atoms with E-state index in [0.717, 1.165) is 5.56 Å². The highest BCUT2D eigenvalue weighted by Crippen LogP contribution is 2.19. The molecule has 2 atom stereocenters. The van der Waals surface area contributed by atoms with Crippen molar-refractivity contribution < 1.29 is 19.4 Å². The molecule has 0 aliphatic carbocycles. The average Bonchev–Trinajstić information content (AvgIpc) is 2.86.